The second-order valence-corrected chi connectivity index (χ2v) is 8.93. The Hall–Kier alpha value is -3.06. The molecule has 1 aliphatic rings. The highest BCUT2D eigenvalue weighted by Crippen LogP contribution is 2.48. The number of ether oxygens (including phenoxy) is 2. The molecule has 1 aliphatic carbocycles. The van der Waals surface area contributed by atoms with Gasteiger partial charge in [-0.1, -0.05) is 42.5 Å². The van der Waals surface area contributed by atoms with Crippen LogP contribution in [0.5, 0.6) is 0 Å². The van der Waals surface area contributed by atoms with Gasteiger partial charge in [-0.3, -0.25) is 9.78 Å². The molecule has 0 unspecified atom stereocenters. The van der Waals surface area contributed by atoms with Crippen molar-refractivity contribution in [3.8, 4) is 11.1 Å². The summed E-state index contributed by atoms with van der Waals surface area (Å²) in [7, 11) is 3.33. The molecule has 2 aromatic carbocycles. The average Bonchev–Trinajstić information content (AvgIpc) is 3.69. The average molecular weight is 460 g/mol. The monoisotopic (exact) mass is 459 g/mol. The highest BCUT2D eigenvalue weighted by atomic mass is 16.5. The van der Waals surface area contributed by atoms with Crippen molar-refractivity contribution < 1.29 is 14.3 Å². The first-order chi connectivity index (χ1) is 16.5. The number of nitrogens with two attached hydrogens (primary N) is 1. The van der Waals surface area contributed by atoms with E-state index in [0.717, 1.165) is 34.5 Å². The Morgan fingerprint density at radius 2 is 1.74 bits per heavy atom. The molecule has 2 N–H and O–H groups in total. The summed E-state index contributed by atoms with van der Waals surface area (Å²) in [6.07, 6.45) is 2.43. The van der Waals surface area contributed by atoms with Gasteiger partial charge in [0.2, 0.25) is 5.91 Å². The van der Waals surface area contributed by atoms with Crippen LogP contribution >= 0.6 is 0 Å². The highest BCUT2D eigenvalue weighted by Gasteiger charge is 2.47. The van der Waals surface area contributed by atoms with Crippen LogP contribution < -0.4 is 10.6 Å². The summed E-state index contributed by atoms with van der Waals surface area (Å²) in [5, 5.41) is 0. The summed E-state index contributed by atoms with van der Waals surface area (Å²) >= 11 is 0. The maximum atomic E-state index is 13.6. The van der Waals surface area contributed by atoms with Crippen LogP contribution in [0.3, 0.4) is 0 Å². The molecule has 3 aromatic rings. The first kappa shape index (κ1) is 24.1. The molecular weight excluding hydrogens is 426 g/mol. The van der Waals surface area contributed by atoms with Gasteiger partial charge in [-0.25, -0.2) is 0 Å². The van der Waals surface area contributed by atoms with Gasteiger partial charge in [-0.05, 0) is 54.3 Å². The number of hydrogen-bond acceptors (Lipinski definition) is 5. The zero-order valence-electron chi connectivity index (χ0n) is 20.1. The fraction of sp³-hybridized carbons (Fsp3) is 0.357. The number of methoxy groups -OCH3 is 2. The van der Waals surface area contributed by atoms with E-state index in [2.05, 4.69) is 41.4 Å². The van der Waals surface area contributed by atoms with Crippen molar-refractivity contribution in [1.29, 1.82) is 0 Å². The molecule has 178 valence electrons. The number of carbonyl (C=O) groups excluding carboxylic acids is 1. The van der Waals surface area contributed by atoms with Crippen molar-refractivity contribution in [2.75, 3.05) is 25.7 Å². The molecule has 1 amide bonds. The van der Waals surface area contributed by atoms with Crippen molar-refractivity contribution in [3.05, 3.63) is 84.2 Å². The van der Waals surface area contributed by atoms with E-state index in [-0.39, 0.29) is 29.9 Å². The van der Waals surface area contributed by atoms with Crippen LogP contribution in [0.4, 0.5) is 5.69 Å². The Bertz CT molecular complexity index is 1070. The van der Waals surface area contributed by atoms with E-state index in [1.807, 2.05) is 42.2 Å². The van der Waals surface area contributed by atoms with E-state index in [4.69, 9.17) is 15.2 Å². The first-order valence-electron chi connectivity index (χ1n) is 11.7. The molecule has 0 saturated heterocycles. The zero-order chi connectivity index (χ0) is 24.1. The Labute approximate surface area is 201 Å². The molecule has 0 aliphatic heterocycles. The predicted molar refractivity (Wildman–Crippen MR) is 134 cm³/mol. The number of amides is 1. The number of anilines is 1. The molecule has 0 radical (unpaired) electrons. The zero-order valence-corrected chi connectivity index (χ0v) is 20.1. The van der Waals surface area contributed by atoms with Gasteiger partial charge in [-0.2, -0.15) is 0 Å². The van der Waals surface area contributed by atoms with Crippen molar-refractivity contribution in [1.82, 2.24) is 4.98 Å². The SMILES string of the molecule is COCc1ccc(-c2ccc(N(C[C@@H](N)[C@@H](C)OC)C(=O)[C@@H]3C[C@H]3c3ccccn3)cc2)cc1. The summed E-state index contributed by atoms with van der Waals surface area (Å²) in [5.74, 6) is 0.177. The van der Waals surface area contributed by atoms with Gasteiger partial charge >= 0.3 is 0 Å². The lowest BCUT2D eigenvalue weighted by atomic mass is 10.0. The number of hydrogen-bond donors (Lipinski definition) is 1. The standard InChI is InChI=1S/C28H33N3O3/c1-19(34-3)26(29)17-31(28(32)25-16-24(25)27-6-4-5-15-30-27)23-13-11-22(12-14-23)21-9-7-20(8-10-21)18-33-2/h4-15,19,24-26H,16-18,29H2,1-3H3/t19-,24-,25-,26-/m1/s1. The minimum Gasteiger partial charge on any atom is -0.380 e. The van der Waals surface area contributed by atoms with Gasteiger partial charge in [0.1, 0.15) is 0 Å². The summed E-state index contributed by atoms with van der Waals surface area (Å²) in [6, 6.07) is 22.0. The Morgan fingerprint density at radius 3 is 2.32 bits per heavy atom. The normalized spacial score (nSPS) is 18.8. The third-order valence-electron chi connectivity index (χ3n) is 6.59. The van der Waals surface area contributed by atoms with Crippen molar-refractivity contribution >= 4 is 11.6 Å². The molecule has 1 fully saturated rings. The Kier molecular flexibility index (Phi) is 7.73. The van der Waals surface area contributed by atoms with Crippen LogP contribution in [0, 0.1) is 5.92 Å². The number of nitrogens with zero attached hydrogens (tertiary/aromatic N) is 2. The molecule has 4 atom stereocenters. The van der Waals surface area contributed by atoms with E-state index in [1.165, 1.54) is 0 Å². The summed E-state index contributed by atoms with van der Waals surface area (Å²) in [6.45, 7) is 2.92. The number of pyridine rings is 1. The molecule has 6 heteroatoms. The quantitative estimate of drug-likeness (QED) is 0.486. The van der Waals surface area contributed by atoms with E-state index in [0.29, 0.717) is 13.2 Å². The fourth-order valence-corrected chi connectivity index (χ4v) is 4.24. The lowest BCUT2D eigenvalue weighted by Crippen LogP contribution is -2.47. The molecule has 4 rings (SSSR count). The minimum atomic E-state index is -0.297. The fourth-order valence-electron chi connectivity index (χ4n) is 4.24. The highest BCUT2D eigenvalue weighted by molar-refractivity contribution is 5.97. The van der Waals surface area contributed by atoms with Crippen molar-refractivity contribution in [2.45, 2.75) is 38.0 Å². The van der Waals surface area contributed by atoms with Crippen LogP contribution in [-0.2, 0) is 20.9 Å². The second kappa shape index (κ2) is 10.9. The van der Waals surface area contributed by atoms with Crippen LogP contribution in [0.1, 0.15) is 30.5 Å². The molecule has 1 saturated carbocycles. The summed E-state index contributed by atoms with van der Waals surface area (Å²) in [5.41, 5.74) is 11.5. The van der Waals surface area contributed by atoms with Gasteiger partial charge in [-0.15, -0.1) is 0 Å². The number of rotatable bonds is 10. The van der Waals surface area contributed by atoms with Crippen LogP contribution in [-0.4, -0.2) is 43.8 Å². The molecule has 6 nitrogen and oxygen atoms in total. The molecule has 0 bridgehead atoms. The van der Waals surface area contributed by atoms with Gasteiger partial charge in [0.05, 0.1) is 12.7 Å². The van der Waals surface area contributed by atoms with Gasteiger partial charge < -0.3 is 20.1 Å². The third-order valence-corrected chi connectivity index (χ3v) is 6.59. The maximum Gasteiger partial charge on any atom is 0.230 e. The summed E-state index contributed by atoms with van der Waals surface area (Å²) in [4.78, 5) is 19.8. The topological polar surface area (TPSA) is 77.7 Å². The lowest BCUT2D eigenvalue weighted by Gasteiger charge is -2.29. The van der Waals surface area contributed by atoms with Gasteiger partial charge in [0.25, 0.3) is 0 Å². The van der Waals surface area contributed by atoms with Crippen LogP contribution in [0.2, 0.25) is 0 Å². The first-order valence-corrected chi connectivity index (χ1v) is 11.7. The van der Waals surface area contributed by atoms with E-state index < -0.39 is 0 Å². The maximum absolute atomic E-state index is 13.6. The predicted octanol–water partition coefficient (Wildman–Crippen LogP) is 4.39. The van der Waals surface area contributed by atoms with Gasteiger partial charge in [0.15, 0.2) is 0 Å². The summed E-state index contributed by atoms with van der Waals surface area (Å²) < 4.78 is 10.6. The van der Waals surface area contributed by atoms with E-state index in [1.54, 1.807) is 20.4 Å². The van der Waals surface area contributed by atoms with Crippen LogP contribution in [0.15, 0.2) is 72.9 Å². The van der Waals surface area contributed by atoms with E-state index in [9.17, 15) is 4.79 Å². The van der Waals surface area contributed by atoms with Crippen molar-refractivity contribution in [3.63, 3.8) is 0 Å². The largest absolute Gasteiger partial charge is 0.380 e. The number of aromatic nitrogens is 1. The number of carbonyl (C=O) groups is 1. The Morgan fingerprint density at radius 1 is 1.06 bits per heavy atom. The van der Waals surface area contributed by atoms with Gasteiger partial charge in [0, 0.05) is 56.2 Å². The van der Waals surface area contributed by atoms with Crippen LogP contribution in [0.25, 0.3) is 11.1 Å². The smallest absolute Gasteiger partial charge is 0.230 e. The number of benzene rings is 2. The molecule has 1 aromatic heterocycles. The lowest BCUT2D eigenvalue weighted by molar-refractivity contribution is -0.120. The Balaban J connectivity index is 1.54. The molecular formula is C28H33N3O3. The van der Waals surface area contributed by atoms with Crippen molar-refractivity contribution in [2.24, 2.45) is 11.7 Å². The van der Waals surface area contributed by atoms with E-state index >= 15 is 0 Å². The molecule has 1 heterocycles. The molecule has 34 heavy (non-hydrogen) atoms. The second-order valence-electron chi connectivity index (χ2n) is 8.93. The molecule has 0 spiro atoms. The minimum absolute atomic E-state index is 0.0760. The third kappa shape index (κ3) is 5.53.